The molecule has 120 valence electrons. The summed E-state index contributed by atoms with van der Waals surface area (Å²) in [5.41, 5.74) is 1.68. The van der Waals surface area contributed by atoms with E-state index in [4.69, 9.17) is 4.74 Å². The van der Waals surface area contributed by atoms with Crippen LogP contribution in [0.2, 0.25) is 0 Å². The molecule has 6 nitrogen and oxygen atoms in total. The van der Waals surface area contributed by atoms with Crippen LogP contribution in [0.4, 0.5) is 11.4 Å². The second-order valence-electron chi connectivity index (χ2n) is 4.75. The van der Waals surface area contributed by atoms with Gasteiger partial charge in [-0.1, -0.05) is 6.92 Å². The van der Waals surface area contributed by atoms with Crippen molar-refractivity contribution in [1.29, 1.82) is 0 Å². The smallest absolute Gasteiger partial charge is 0.311 e. The number of amides is 1. The number of ether oxygens (including phenoxy) is 1. The van der Waals surface area contributed by atoms with Gasteiger partial charge >= 0.3 is 5.69 Å². The van der Waals surface area contributed by atoms with Crippen LogP contribution in [-0.2, 0) is 6.42 Å². The minimum Gasteiger partial charge on any atom is -0.490 e. The van der Waals surface area contributed by atoms with Crippen molar-refractivity contribution in [2.75, 3.05) is 12.4 Å². The van der Waals surface area contributed by atoms with Crippen molar-refractivity contribution in [3.05, 3.63) is 61.2 Å². The van der Waals surface area contributed by atoms with Crippen molar-refractivity contribution >= 4 is 39.9 Å². The highest BCUT2D eigenvalue weighted by Crippen LogP contribution is 2.28. The molecule has 1 N–H and O–H groups in total. The maximum Gasteiger partial charge on any atom is 0.311 e. The third kappa shape index (κ3) is 3.98. The van der Waals surface area contributed by atoms with Crippen molar-refractivity contribution in [2.24, 2.45) is 0 Å². The molecule has 7 heteroatoms. The molecule has 0 spiro atoms. The van der Waals surface area contributed by atoms with Crippen molar-refractivity contribution in [3.8, 4) is 5.75 Å². The number of aryl methyl sites for hydroxylation is 1. The van der Waals surface area contributed by atoms with Crippen LogP contribution in [0.3, 0.4) is 0 Å². The molecule has 23 heavy (non-hydrogen) atoms. The van der Waals surface area contributed by atoms with Crippen LogP contribution >= 0.6 is 22.6 Å². The molecule has 0 heterocycles. The Kier molecular flexibility index (Phi) is 5.54. The highest BCUT2D eigenvalue weighted by Gasteiger charge is 2.18. The monoisotopic (exact) mass is 426 g/mol. The quantitative estimate of drug-likeness (QED) is 0.445. The number of nitrogens with one attached hydrogen (secondary N) is 1. The molecule has 0 aromatic heterocycles. The summed E-state index contributed by atoms with van der Waals surface area (Å²) >= 11 is 2.21. The van der Waals surface area contributed by atoms with E-state index in [1.165, 1.54) is 25.3 Å². The van der Waals surface area contributed by atoms with E-state index in [9.17, 15) is 14.9 Å². The summed E-state index contributed by atoms with van der Waals surface area (Å²) in [6, 6.07) is 9.85. The zero-order valence-electron chi connectivity index (χ0n) is 12.6. The summed E-state index contributed by atoms with van der Waals surface area (Å²) in [6.45, 7) is 2.00. The van der Waals surface area contributed by atoms with Crippen molar-refractivity contribution in [3.63, 3.8) is 0 Å². The molecule has 0 saturated carbocycles. The average molecular weight is 426 g/mol. The van der Waals surface area contributed by atoms with Gasteiger partial charge in [0.25, 0.3) is 5.91 Å². The standard InChI is InChI=1S/C16H15IN2O4/c1-3-10-8-12(17)5-6-13(10)18-16(20)11-4-7-15(23-2)14(9-11)19(21)22/h4-9H,3H2,1-2H3,(H,18,20). The van der Waals surface area contributed by atoms with Crippen molar-refractivity contribution < 1.29 is 14.5 Å². The Hall–Kier alpha value is -2.16. The Balaban J connectivity index is 2.31. The minimum atomic E-state index is -0.571. The molecule has 0 aliphatic heterocycles. The molecular formula is C16H15IN2O4. The molecule has 0 unspecified atom stereocenters. The van der Waals surface area contributed by atoms with Gasteiger partial charge in [0.2, 0.25) is 0 Å². The van der Waals surface area contributed by atoms with Gasteiger partial charge in [0.1, 0.15) is 0 Å². The zero-order valence-corrected chi connectivity index (χ0v) is 14.8. The van der Waals surface area contributed by atoms with Gasteiger partial charge in [-0.3, -0.25) is 14.9 Å². The van der Waals surface area contributed by atoms with Gasteiger partial charge in [0.15, 0.2) is 5.75 Å². The highest BCUT2D eigenvalue weighted by molar-refractivity contribution is 14.1. The molecule has 0 aliphatic carbocycles. The Morgan fingerprint density at radius 2 is 2.04 bits per heavy atom. The molecule has 2 aromatic carbocycles. The van der Waals surface area contributed by atoms with Gasteiger partial charge in [0.05, 0.1) is 12.0 Å². The number of anilines is 1. The topological polar surface area (TPSA) is 81.5 Å². The number of nitro benzene ring substituents is 1. The van der Waals surface area contributed by atoms with Crippen LogP contribution in [0, 0.1) is 13.7 Å². The third-order valence-electron chi connectivity index (χ3n) is 3.33. The largest absolute Gasteiger partial charge is 0.490 e. The van der Waals surface area contributed by atoms with E-state index in [1.807, 2.05) is 25.1 Å². The van der Waals surface area contributed by atoms with Crippen LogP contribution < -0.4 is 10.1 Å². The van der Waals surface area contributed by atoms with E-state index >= 15 is 0 Å². The second-order valence-corrected chi connectivity index (χ2v) is 6.00. The third-order valence-corrected chi connectivity index (χ3v) is 4.01. The predicted molar refractivity (Wildman–Crippen MR) is 96.1 cm³/mol. The lowest BCUT2D eigenvalue weighted by Gasteiger charge is -2.11. The van der Waals surface area contributed by atoms with Gasteiger partial charge in [-0.05, 0) is 64.9 Å². The lowest BCUT2D eigenvalue weighted by atomic mass is 10.1. The highest BCUT2D eigenvalue weighted by atomic mass is 127. The summed E-state index contributed by atoms with van der Waals surface area (Å²) < 4.78 is 6.02. The number of nitrogens with zero attached hydrogens (tertiary/aromatic N) is 1. The van der Waals surface area contributed by atoms with E-state index in [1.54, 1.807) is 0 Å². The molecule has 2 aromatic rings. The summed E-state index contributed by atoms with van der Waals surface area (Å²) in [4.78, 5) is 22.8. The Morgan fingerprint density at radius 3 is 2.65 bits per heavy atom. The fourth-order valence-electron chi connectivity index (χ4n) is 2.15. The molecular weight excluding hydrogens is 411 g/mol. The summed E-state index contributed by atoms with van der Waals surface area (Å²) in [6.07, 6.45) is 0.773. The second kappa shape index (κ2) is 7.40. The Morgan fingerprint density at radius 1 is 1.30 bits per heavy atom. The number of halogens is 1. The number of carbonyl (C=O) groups excluding carboxylic acids is 1. The molecule has 0 fully saturated rings. The number of methoxy groups -OCH3 is 1. The molecule has 0 aliphatic rings. The Bertz CT molecular complexity index is 762. The first kappa shape index (κ1) is 17.2. The van der Waals surface area contributed by atoms with Crippen molar-refractivity contribution in [1.82, 2.24) is 0 Å². The first-order valence-corrected chi connectivity index (χ1v) is 7.96. The van der Waals surface area contributed by atoms with Gasteiger partial charge in [-0.2, -0.15) is 0 Å². The van der Waals surface area contributed by atoms with E-state index in [0.29, 0.717) is 5.69 Å². The average Bonchev–Trinajstić information content (AvgIpc) is 2.55. The number of hydrogen-bond acceptors (Lipinski definition) is 4. The SMILES string of the molecule is CCc1cc(I)ccc1NC(=O)c1ccc(OC)c([N+](=O)[O-])c1. The zero-order chi connectivity index (χ0) is 17.0. The van der Waals surface area contributed by atoms with E-state index in [2.05, 4.69) is 27.9 Å². The fourth-order valence-corrected chi connectivity index (χ4v) is 2.70. The van der Waals surface area contributed by atoms with Crippen LogP contribution in [0.25, 0.3) is 0 Å². The number of benzene rings is 2. The predicted octanol–water partition coefficient (Wildman–Crippen LogP) is 4.02. The lowest BCUT2D eigenvalue weighted by molar-refractivity contribution is -0.385. The maximum absolute atomic E-state index is 12.4. The first-order chi connectivity index (χ1) is 11.0. The van der Waals surface area contributed by atoms with Gasteiger partial charge < -0.3 is 10.1 Å². The van der Waals surface area contributed by atoms with Gasteiger partial charge in [-0.25, -0.2) is 0 Å². The Labute approximate surface area is 147 Å². The van der Waals surface area contributed by atoms with Crippen LogP contribution in [0.5, 0.6) is 5.75 Å². The summed E-state index contributed by atoms with van der Waals surface area (Å²) in [7, 11) is 1.35. The fraction of sp³-hybridized carbons (Fsp3) is 0.188. The van der Waals surface area contributed by atoms with Crippen molar-refractivity contribution in [2.45, 2.75) is 13.3 Å². The minimum absolute atomic E-state index is 0.120. The van der Waals surface area contributed by atoms with Crippen LogP contribution in [-0.4, -0.2) is 17.9 Å². The molecule has 0 radical (unpaired) electrons. The molecule has 2 rings (SSSR count). The van der Waals surface area contributed by atoms with Gasteiger partial charge in [0, 0.05) is 20.9 Å². The normalized spacial score (nSPS) is 10.2. The molecule has 0 atom stereocenters. The van der Waals surface area contributed by atoms with E-state index in [-0.39, 0.29) is 17.0 Å². The molecule has 1 amide bonds. The summed E-state index contributed by atoms with van der Waals surface area (Å²) in [5, 5.41) is 13.8. The number of carbonyl (C=O) groups is 1. The van der Waals surface area contributed by atoms with E-state index in [0.717, 1.165) is 15.6 Å². The van der Waals surface area contributed by atoms with E-state index < -0.39 is 10.8 Å². The van der Waals surface area contributed by atoms with Gasteiger partial charge in [-0.15, -0.1) is 0 Å². The summed E-state index contributed by atoms with van der Waals surface area (Å²) in [5.74, 6) is -0.276. The molecule has 0 bridgehead atoms. The first-order valence-electron chi connectivity index (χ1n) is 6.88. The number of nitro groups is 1. The number of rotatable bonds is 5. The maximum atomic E-state index is 12.4. The molecule has 0 saturated heterocycles. The van der Waals surface area contributed by atoms with Crippen LogP contribution in [0.1, 0.15) is 22.8 Å². The van der Waals surface area contributed by atoms with Crippen LogP contribution in [0.15, 0.2) is 36.4 Å². The number of hydrogen-bond donors (Lipinski definition) is 1. The lowest BCUT2D eigenvalue weighted by Crippen LogP contribution is -2.13.